The van der Waals surface area contributed by atoms with Crippen molar-refractivity contribution in [3.8, 4) is 0 Å². The average molecular weight is 401 g/mol. The smallest absolute Gasteiger partial charge is 0.268 e. The number of carbonyl (C=O) groups is 2. The molecule has 140 valence electrons. The third-order valence-electron chi connectivity index (χ3n) is 4.01. The standard InChI is InChI=1S/C19H20N4O2S2/c1-23(18(25)16-9-5-11-26-16)15-8-3-2-7-14(15)17(24)21-10-4-6-13-12-27-19(20)22-13/h2-3,5,7-9,11-12H,4,6,10H2,1H3,(H2,20,22)(H,21,24). The van der Waals surface area contributed by atoms with Crippen molar-refractivity contribution in [2.24, 2.45) is 0 Å². The van der Waals surface area contributed by atoms with Crippen molar-refractivity contribution in [1.29, 1.82) is 0 Å². The molecule has 3 aromatic rings. The lowest BCUT2D eigenvalue weighted by atomic mass is 10.1. The van der Waals surface area contributed by atoms with Crippen molar-refractivity contribution in [1.82, 2.24) is 10.3 Å². The number of amides is 2. The zero-order chi connectivity index (χ0) is 19.2. The Hall–Kier alpha value is -2.71. The summed E-state index contributed by atoms with van der Waals surface area (Å²) in [4.78, 5) is 31.6. The van der Waals surface area contributed by atoms with Crippen LogP contribution in [0.15, 0.2) is 47.2 Å². The van der Waals surface area contributed by atoms with Crippen LogP contribution in [0.4, 0.5) is 10.8 Å². The molecule has 8 heteroatoms. The van der Waals surface area contributed by atoms with Gasteiger partial charge in [0.1, 0.15) is 0 Å². The molecule has 0 saturated heterocycles. The van der Waals surface area contributed by atoms with E-state index in [4.69, 9.17) is 5.73 Å². The number of thiophene rings is 1. The lowest BCUT2D eigenvalue weighted by molar-refractivity contribution is 0.0953. The zero-order valence-corrected chi connectivity index (χ0v) is 16.5. The minimum absolute atomic E-state index is 0.133. The van der Waals surface area contributed by atoms with E-state index in [1.807, 2.05) is 22.9 Å². The molecule has 0 radical (unpaired) electrons. The number of para-hydroxylation sites is 1. The first-order valence-electron chi connectivity index (χ1n) is 8.45. The molecule has 0 fully saturated rings. The molecule has 3 N–H and O–H groups in total. The fourth-order valence-electron chi connectivity index (χ4n) is 2.64. The molecular weight excluding hydrogens is 380 g/mol. The van der Waals surface area contributed by atoms with E-state index in [9.17, 15) is 9.59 Å². The highest BCUT2D eigenvalue weighted by Gasteiger charge is 2.19. The van der Waals surface area contributed by atoms with Gasteiger partial charge in [-0.3, -0.25) is 9.59 Å². The molecule has 2 heterocycles. The normalized spacial score (nSPS) is 10.6. The molecule has 3 rings (SSSR count). The number of nitrogens with two attached hydrogens (primary N) is 1. The Morgan fingerprint density at radius 2 is 2.00 bits per heavy atom. The summed E-state index contributed by atoms with van der Waals surface area (Å²) < 4.78 is 0. The maximum atomic E-state index is 12.6. The number of aryl methyl sites for hydroxylation is 1. The number of anilines is 2. The number of nitrogens with one attached hydrogen (secondary N) is 1. The number of nitrogen functional groups attached to an aromatic ring is 1. The van der Waals surface area contributed by atoms with Crippen molar-refractivity contribution in [2.45, 2.75) is 12.8 Å². The third-order valence-corrected chi connectivity index (χ3v) is 5.59. The molecule has 0 aliphatic heterocycles. The van der Waals surface area contributed by atoms with Crippen LogP contribution in [0.25, 0.3) is 0 Å². The maximum absolute atomic E-state index is 12.6. The summed E-state index contributed by atoms with van der Waals surface area (Å²) in [5.74, 6) is -0.333. The molecule has 0 bridgehead atoms. The summed E-state index contributed by atoms with van der Waals surface area (Å²) in [5, 5.41) is 7.26. The quantitative estimate of drug-likeness (QED) is 0.595. The monoisotopic (exact) mass is 400 g/mol. The van der Waals surface area contributed by atoms with Gasteiger partial charge < -0.3 is 16.0 Å². The second-order valence-corrected chi connectivity index (χ2v) is 7.73. The van der Waals surface area contributed by atoms with Crippen LogP contribution in [0.3, 0.4) is 0 Å². The molecular formula is C19H20N4O2S2. The third kappa shape index (κ3) is 4.72. The molecule has 2 amide bonds. The van der Waals surface area contributed by atoms with Gasteiger partial charge >= 0.3 is 0 Å². The summed E-state index contributed by atoms with van der Waals surface area (Å²) >= 11 is 2.79. The first-order valence-corrected chi connectivity index (χ1v) is 10.2. The topological polar surface area (TPSA) is 88.3 Å². The lowest BCUT2D eigenvalue weighted by Crippen LogP contribution is -2.30. The molecule has 0 aliphatic rings. The second kappa shape index (κ2) is 8.79. The molecule has 0 atom stereocenters. The van der Waals surface area contributed by atoms with E-state index < -0.39 is 0 Å². The van der Waals surface area contributed by atoms with Gasteiger partial charge in [0, 0.05) is 19.0 Å². The minimum Gasteiger partial charge on any atom is -0.375 e. The van der Waals surface area contributed by atoms with Crippen LogP contribution in [0, 0.1) is 0 Å². The Labute approximate surface area is 165 Å². The van der Waals surface area contributed by atoms with E-state index in [1.54, 1.807) is 31.3 Å². The van der Waals surface area contributed by atoms with Crippen LogP contribution in [-0.2, 0) is 6.42 Å². The predicted octanol–water partition coefficient (Wildman–Crippen LogP) is 3.43. The van der Waals surface area contributed by atoms with Crippen molar-refractivity contribution < 1.29 is 9.59 Å². The van der Waals surface area contributed by atoms with Crippen molar-refractivity contribution in [3.05, 3.63) is 63.3 Å². The maximum Gasteiger partial charge on any atom is 0.268 e. The Morgan fingerprint density at radius 3 is 2.70 bits per heavy atom. The Kier molecular flexibility index (Phi) is 6.20. The highest BCUT2D eigenvalue weighted by Crippen LogP contribution is 2.22. The molecule has 0 spiro atoms. The first kappa shape index (κ1) is 19.1. The summed E-state index contributed by atoms with van der Waals surface area (Å²) in [7, 11) is 1.68. The number of carbonyl (C=O) groups excluding carboxylic acids is 2. The Morgan fingerprint density at radius 1 is 1.19 bits per heavy atom. The minimum atomic E-state index is -0.200. The van der Waals surface area contributed by atoms with Gasteiger partial charge in [0.2, 0.25) is 0 Å². The molecule has 0 saturated carbocycles. The predicted molar refractivity (Wildman–Crippen MR) is 111 cm³/mol. The summed E-state index contributed by atoms with van der Waals surface area (Å²) in [5.41, 5.74) is 7.61. The van der Waals surface area contributed by atoms with Crippen molar-refractivity contribution in [2.75, 3.05) is 24.2 Å². The fraction of sp³-hybridized carbons (Fsp3) is 0.211. The number of thiazole rings is 1. The zero-order valence-electron chi connectivity index (χ0n) is 14.8. The fourth-order valence-corrected chi connectivity index (χ4v) is 3.93. The van der Waals surface area contributed by atoms with Gasteiger partial charge in [0.15, 0.2) is 5.13 Å². The van der Waals surface area contributed by atoms with Gasteiger partial charge in [-0.05, 0) is 36.4 Å². The van der Waals surface area contributed by atoms with E-state index >= 15 is 0 Å². The summed E-state index contributed by atoms with van der Waals surface area (Å²) in [6.45, 7) is 0.521. The summed E-state index contributed by atoms with van der Waals surface area (Å²) in [6.07, 6.45) is 1.52. The summed E-state index contributed by atoms with van der Waals surface area (Å²) in [6, 6.07) is 10.7. The number of hydrogen-bond donors (Lipinski definition) is 2. The first-order chi connectivity index (χ1) is 13.1. The van der Waals surface area contributed by atoms with Crippen molar-refractivity contribution >= 4 is 45.3 Å². The molecule has 6 nitrogen and oxygen atoms in total. The van der Waals surface area contributed by atoms with E-state index in [-0.39, 0.29) is 11.8 Å². The van der Waals surface area contributed by atoms with Gasteiger partial charge in [0.05, 0.1) is 21.8 Å². The van der Waals surface area contributed by atoms with E-state index in [1.165, 1.54) is 27.6 Å². The van der Waals surface area contributed by atoms with Crippen LogP contribution >= 0.6 is 22.7 Å². The van der Waals surface area contributed by atoms with Gasteiger partial charge in [-0.15, -0.1) is 22.7 Å². The molecule has 27 heavy (non-hydrogen) atoms. The molecule has 2 aromatic heterocycles. The van der Waals surface area contributed by atoms with E-state index in [2.05, 4.69) is 10.3 Å². The van der Waals surface area contributed by atoms with Crippen LogP contribution in [0.2, 0.25) is 0 Å². The highest BCUT2D eigenvalue weighted by molar-refractivity contribution is 7.13. The van der Waals surface area contributed by atoms with E-state index in [0.717, 1.165) is 18.5 Å². The van der Waals surface area contributed by atoms with Gasteiger partial charge in [-0.1, -0.05) is 18.2 Å². The van der Waals surface area contributed by atoms with Crippen LogP contribution in [-0.4, -0.2) is 30.4 Å². The number of nitrogens with zero attached hydrogens (tertiary/aromatic N) is 2. The number of rotatable bonds is 7. The SMILES string of the molecule is CN(C(=O)c1cccs1)c1ccccc1C(=O)NCCCc1csc(N)n1. The molecule has 0 unspecified atom stereocenters. The van der Waals surface area contributed by atoms with Crippen LogP contribution < -0.4 is 16.0 Å². The Balaban J connectivity index is 1.62. The van der Waals surface area contributed by atoms with Gasteiger partial charge in [-0.25, -0.2) is 4.98 Å². The Bertz CT molecular complexity index is 921. The van der Waals surface area contributed by atoms with Gasteiger partial charge in [0.25, 0.3) is 11.8 Å². The lowest BCUT2D eigenvalue weighted by Gasteiger charge is -2.19. The average Bonchev–Trinajstić information content (AvgIpc) is 3.36. The van der Waals surface area contributed by atoms with Crippen LogP contribution in [0.1, 0.15) is 32.1 Å². The number of aromatic nitrogens is 1. The van der Waals surface area contributed by atoms with Gasteiger partial charge in [-0.2, -0.15) is 0 Å². The number of hydrogen-bond acceptors (Lipinski definition) is 6. The molecule has 0 aliphatic carbocycles. The van der Waals surface area contributed by atoms with Crippen molar-refractivity contribution in [3.63, 3.8) is 0 Å². The number of benzene rings is 1. The highest BCUT2D eigenvalue weighted by atomic mass is 32.1. The largest absolute Gasteiger partial charge is 0.375 e. The second-order valence-electron chi connectivity index (χ2n) is 5.90. The van der Waals surface area contributed by atoms with Crippen LogP contribution in [0.5, 0.6) is 0 Å². The van der Waals surface area contributed by atoms with E-state index in [0.29, 0.717) is 27.8 Å². The molecule has 1 aromatic carbocycles.